The van der Waals surface area contributed by atoms with Gasteiger partial charge in [0, 0.05) is 12.4 Å². The second-order valence-electron chi connectivity index (χ2n) is 3.22. The SMILES string of the molecule is O=C(Cc1cccnc1)N1CCCO1. The van der Waals surface area contributed by atoms with Crippen LogP contribution in [-0.2, 0) is 16.1 Å². The average molecular weight is 192 g/mol. The molecule has 4 heteroatoms. The van der Waals surface area contributed by atoms with Crippen LogP contribution in [0.1, 0.15) is 12.0 Å². The maximum Gasteiger partial charge on any atom is 0.250 e. The highest BCUT2D eigenvalue weighted by Gasteiger charge is 2.18. The van der Waals surface area contributed by atoms with Gasteiger partial charge in [-0.15, -0.1) is 0 Å². The maximum atomic E-state index is 11.6. The van der Waals surface area contributed by atoms with E-state index in [0.29, 0.717) is 19.6 Å². The van der Waals surface area contributed by atoms with E-state index in [0.717, 1.165) is 12.0 Å². The Kier molecular flexibility index (Phi) is 2.74. The van der Waals surface area contributed by atoms with Crippen molar-refractivity contribution >= 4 is 5.91 Å². The van der Waals surface area contributed by atoms with Crippen LogP contribution in [-0.4, -0.2) is 29.1 Å². The normalized spacial score (nSPS) is 15.9. The molecule has 1 aromatic heterocycles. The van der Waals surface area contributed by atoms with Gasteiger partial charge in [0.25, 0.3) is 5.91 Å². The first-order valence-electron chi connectivity index (χ1n) is 4.68. The van der Waals surface area contributed by atoms with E-state index >= 15 is 0 Å². The molecule has 74 valence electrons. The van der Waals surface area contributed by atoms with E-state index in [1.807, 2.05) is 12.1 Å². The number of hydroxylamine groups is 2. The quantitative estimate of drug-likeness (QED) is 0.695. The van der Waals surface area contributed by atoms with Crippen LogP contribution in [0.4, 0.5) is 0 Å². The van der Waals surface area contributed by atoms with Gasteiger partial charge in [0.1, 0.15) is 0 Å². The zero-order valence-electron chi connectivity index (χ0n) is 7.85. The van der Waals surface area contributed by atoms with Crippen molar-refractivity contribution in [3.63, 3.8) is 0 Å². The van der Waals surface area contributed by atoms with Gasteiger partial charge in [0.05, 0.1) is 19.6 Å². The fraction of sp³-hybridized carbons (Fsp3) is 0.400. The third-order valence-electron chi connectivity index (χ3n) is 2.11. The summed E-state index contributed by atoms with van der Waals surface area (Å²) in [7, 11) is 0. The molecule has 4 nitrogen and oxygen atoms in total. The fourth-order valence-corrected chi connectivity index (χ4v) is 1.41. The van der Waals surface area contributed by atoms with Crippen molar-refractivity contribution in [2.24, 2.45) is 0 Å². The minimum absolute atomic E-state index is 0.00972. The summed E-state index contributed by atoms with van der Waals surface area (Å²) in [5.41, 5.74) is 0.924. The summed E-state index contributed by atoms with van der Waals surface area (Å²) in [6.07, 6.45) is 4.70. The minimum Gasteiger partial charge on any atom is -0.272 e. The molecule has 1 amide bonds. The molecular weight excluding hydrogens is 180 g/mol. The molecule has 1 aliphatic heterocycles. The summed E-state index contributed by atoms with van der Waals surface area (Å²) in [5.74, 6) is 0.00972. The molecule has 0 spiro atoms. The Labute approximate surface area is 82.5 Å². The van der Waals surface area contributed by atoms with Crippen molar-refractivity contribution in [2.75, 3.05) is 13.2 Å². The molecule has 0 N–H and O–H groups in total. The van der Waals surface area contributed by atoms with Gasteiger partial charge in [-0.3, -0.25) is 14.6 Å². The van der Waals surface area contributed by atoms with E-state index < -0.39 is 0 Å². The van der Waals surface area contributed by atoms with Crippen LogP contribution in [0.5, 0.6) is 0 Å². The van der Waals surface area contributed by atoms with E-state index in [1.165, 1.54) is 5.06 Å². The van der Waals surface area contributed by atoms with Crippen LogP contribution < -0.4 is 0 Å². The Hall–Kier alpha value is -1.42. The molecule has 1 aromatic rings. The number of nitrogens with zero attached hydrogens (tertiary/aromatic N) is 2. The molecule has 0 aliphatic carbocycles. The molecule has 0 unspecified atom stereocenters. The van der Waals surface area contributed by atoms with Crippen molar-refractivity contribution < 1.29 is 9.63 Å². The summed E-state index contributed by atoms with van der Waals surface area (Å²) in [5, 5.41) is 1.44. The lowest BCUT2D eigenvalue weighted by Crippen LogP contribution is -2.27. The number of aromatic nitrogens is 1. The van der Waals surface area contributed by atoms with Gasteiger partial charge in [-0.25, -0.2) is 5.06 Å². The van der Waals surface area contributed by atoms with Gasteiger partial charge < -0.3 is 0 Å². The van der Waals surface area contributed by atoms with Crippen molar-refractivity contribution in [3.8, 4) is 0 Å². The highest BCUT2D eigenvalue weighted by Crippen LogP contribution is 2.07. The number of amides is 1. The van der Waals surface area contributed by atoms with Crippen LogP contribution >= 0.6 is 0 Å². The molecule has 1 saturated heterocycles. The second-order valence-corrected chi connectivity index (χ2v) is 3.22. The van der Waals surface area contributed by atoms with Crippen molar-refractivity contribution in [1.29, 1.82) is 0 Å². The van der Waals surface area contributed by atoms with Gasteiger partial charge in [0.15, 0.2) is 0 Å². The molecule has 1 aliphatic rings. The Balaban J connectivity index is 1.94. The maximum absolute atomic E-state index is 11.6. The monoisotopic (exact) mass is 192 g/mol. The molecule has 0 saturated carbocycles. The largest absolute Gasteiger partial charge is 0.272 e. The second kappa shape index (κ2) is 4.19. The number of hydrogen-bond acceptors (Lipinski definition) is 3. The van der Waals surface area contributed by atoms with Gasteiger partial charge >= 0.3 is 0 Å². The Morgan fingerprint density at radius 3 is 3.21 bits per heavy atom. The van der Waals surface area contributed by atoms with E-state index in [2.05, 4.69) is 4.98 Å². The fourth-order valence-electron chi connectivity index (χ4n) is 1.41. The lowest BCUT2D eigenvalue weighted by molar-refractivity contribution is -0.167. The molecule has 14 heavy (non-hydrogen) atoms. The number of carbonyl (C=O) groups is 1. The van der Waals surface area contributed by atoms with E-state index in [4.69, 9.17) is 4.84 Å². The summed E-state index contributed by atoms with van der Waals surface area (Å²) < 4.78 is 0. The lowest BCUT2D eigenvalue weighted by Gasteiger charge is -2.13. The number of hydrogen-bond donors (Lipinski definition) is 0. The van der Waals surface area contributed by atoms with Gasteiger partial charge in [-0.1, -0.05) is 6.07 Å². The summed E-state index contributed by atoms with van der Waals surface area (Å²) in [4.78, 5) is 20.7. The third kappa shape index (κ3) is 2.09. The smallest absolute Gasteiger partial charge is 0.250 e. The Morgan fingerprint density at radius 1 is 1.64 bits per heavy atom. The van der Waals surface area contributed by atoms with Crippen LogP contribution in [0.15, 0.2) is 24.5 Å². The molecule has 2 heterocycles. The third-order valence-corrected chi connectivity index (χ3v) is 2.11. The van der Waals surface area contributed by atoms with E-state index in [-0.39, 0.29) is 5.91 Å². The number of rotatable bonds is 2. The van der Waals surface area contributed by atoms with Crippen molar-refractivity contribution in [1.82, 2.24) is 10.0 Å². The topological polar surface area (TPSA) is 42.4 Å². The summed E-state index contributed by atoms with van der Waals surface area (Å²) in [6, 6.07) is 3.72. The van der Waals surface area contributed by atoms with Crippen LogP contribution in [0.25, 0.3) is 0 Å². The van der Waals surface area contributed by atoms with Crippen LogP contribution in [0.3, 0.4) is 0 Å². The number of pyridine rings is 1. The summed E-state index contributed by atoms with van der Waals surface area (Å²) in [6.45, 7) is 1.36. The zero-order chi connectivity index (χ0) is 9.80. The van der Waals surface area contributed by atoms with Gasteiger partial charge in [-0.05, 0) is 18.1 Å². The molecular formula is C10H12N2O2. The Bertz CT molecular complexity index is 307. The van der Waals surface area contributed by atoms with Gasteiger partial charge in [0.2, 0.25) is 0 Å². The summed E-state index contributed by atoms with van der Waals surface area (Å²) >= 11 is 0. The van der Waals surface area contributed by atoms with E-state index in [9.17, 15) is 4.79 Å². The van der Waals surface area contributed by atoms with Crippen molar-refractivity contribution in [2.45, 2.75) is 12.8 Å². The molecule has 1 fully saturated rings. The van der Waals surface area contributed by atoms with E-state index in [1.54, 1.807) is 12.4 Å². The molecule has 0 bridgehead atoms. The minimum atomic E-state index is 0.00972. The average Bonchev–Trinajstić information content (AvgIpc) is 2.72. The van der Waals surface area contributed by atoms with Gasteiger partial charge in [-0.2, -0.15) is 0 Å². The highest BCUT2D eigenvalue weighted by molar-refractivity contribution is 5.77. The molecule has 0 radical (unpaired) electrons. The predicted octanol–water partition coefficient (Wildman–Crippen LogP) is 0.788. The first-order valence-corrected chi connectivity index (χ1v) is 4.68. The highest BCUT2D eigenvalue weighted by atomic mass is 16.7. The predicted molar refractivity (Wildman–Crippen MR) is 50.2 cm³/mol. The van der Waals surface area contributed by atoms with Crippen LogP contribution in [0, 0.1) is 0 Å². The lowest BCUT2D eigenvalue weighted by atomic mass is 10.2. The number of carbonyl (C=O) groups excluding carboxylic acids is 1. The van der Waals surface area contributed by atoms with Crippen molar-refractivity contribution in [3.05, 3.63) is 30.1 Å². The first kappa shape index (κ1) is 9.15. The molecule has 2 rings (SSSR count). The Morgan fingerprint density at radius 2 is 2.57 bits per heavy atom. The standard InChI is InChI=1S/C10H12N2O2/c13-10(12-5-2-6-14-12)7-9-3-1-4-11-8-9/h1,3-4,8H,2,5-7H2. The van der Waals surface area contributed by atoms with Crippen LogP contribution in [0.2, 0.25) is 0 Å². The molecule has 0 aromatic carbocycles. The zero-order valence-corrected chi connectivity index (χ0v) is 7.85. The first-order chi connectivity index (χ1) is 6.86. The molecule has 0 atom stereocenters.